The number of alkyl halides is 1. The molecule has 1 aromatic carbocycles. The van der Waals surface area contributed by atoms with Gasteiger partial charge in [0.25, 0.3) is 0 Å². The summed E-state index contributed by atoms with van der Waals surface area (Å²) in [5.74, 6) is 1.01. The van der Waals surface area contributed by atoms with Gasteiger partial charge in [-0.1, -0.05) is 15.9 Å². The summed E-state index contributed by atoms with van der Waals surface area (Å²) in [7, 11) is 0. The molecule has 0 saturated carbocycles. The van der Waals surface area contributed by atoms with Crippen LogP contribution in [0, 0.1) is 5.92 Å². The van der Waals surface area contributed by atoms with Crippen molar-refractivity contribution in [1.29, 1.82) is 0 Å². The zero-order chi connectivity index (χ0) is 14.2. The van der Waals surface area contributed by atoms with Crippen molar-refractivity contribution in [3.63, 3.8) is 0 Å². The zero-order valence-electron chi connectivity index (χ0n) is 11.8. The minimum atomic E-state index is -1.19. The van der Waals surface area contributed by atoms with E-state index in [0.717, 1.165) is 48.1 Å². The Bertz CT molecular complexity index is 497. The molecule has 3 rings (SSSR count). The second-order valence-corrected chi connectivity index (χ2v) is 7.07. The van der Waals surface area contributed by atoms with E-state index in [2.05, 4.69) is 27.3 Å². The minimum absolute atomic E-state index is 0.0901. The summed E-state index contributed by atoms with van der Waals surface area (Å²) < 4.78 is 21.9. The number of fused-ring (bicyclic) bond motifs is 1. The number of ether oxygens (including phenoxy) is 1. The van der Waals surface area contributed by atoms with Crippen molar-refractivity contribution in [3.05, 3.63) is 27.7 Å². The van der Waals surface area contributed by atoms with Gasteiger partial charge in [0, 0.05) is 29.8 Å². The second kappa shape index (κ2) is 5.64. The van der Waals surface area contributed by atoms with Crippen LogP contribution < -0.4 is 10.1 Å². The monoisotopic (exact) mass is 341 g/mol. The van der Waals surface area contributed by atoms with E-state index in [-0.39, 0.29) is 5.92 Å². The molecular weight excluding hydrogens is 321 g/mol. The molecule has 2 nitrogen and oxygen atoms in total. The van der Waals surface area contributed by atoms with Crippen molar-refractivity contribution < 1.29 is 9.13 Å². The molecule has 0 aromatic heterocycles. The van der Waals surface area contributed by atoms with Crippen molar-refractivity contribution in [1.82, 2.24) is 5.32 Å². The maximum absolute atomic E-state index is 15.2. The molecule has 2 atom stereocenters. The average molecular weight is 342 g/mol. The van der Waals surface area contributed by atoms with Crippen molar-refractivity contribution >= 4 is 15.9 Å². The molecule has 2 aliphatic rings. The molecule has 4 heteroatoms. The van der Waals surface area contributed by atoms with Gasteiger partial charge in [-0.2, -0.15) is 0 Å². The summed E-state index contributed by atoms with van der Waals surface area (Å²) in [5, 5.41) is 3.31. The Labute approximate surface area is 128 Å². The number of piperidine rings is 1. The topological polar surface area (TPSA) is 21.3 Å². The molecular formula is C16H21BrFNO. The van der Waals surface area contributed by atoms with Crippen LogP contribution in [-0.4, -0.2) is 25.4 Å². The first-order valence-corrected chi connectivity index (χ1v) is 8.19. The van der Waals surface area contributed by atoms with Crippen LogP contribution in [0.2, 0.25) is 0 Å². The third-order valence-corrected chi connectivity index (χ3v) is 4.97. The lowest BCUT2D eigenvalue weighted by molar-refractivity contribution is 0.0826. The number of hydrogen-bond donors (Lipinski definition) is 1. The lowest BCUT2D eigenvalue weighted by Gasteiger charge is -2.34. The summed E-state index contributed by atoms with van der Waals surface area (Å²) in [6.45, 7) is 4.26. The van der Waals surface area contributed by atoms with Crippen molar-refractivity contribution in [2.75, 3.05) is 19.7 Å². The molecule has 2 unspecified atom stereocenters. The highest BCUT2D eigenvalue weighted by molar-refractivity contribution is 9.10. The molecule has 0 amide bonds. The number of hydrogen-bond acceptors (Lipinski definition) is 2. The van der Waals surface area contributed by atoms with E-state index < -0.39 is 5.67 Å². The Morgan fingerprint density at radius 2 is 2.35 bits per heavy atom. The van der Waals surface area contributed by atoms with E-state index in [0.29, 0.717) is 13.0 Å². The standard InChI is InChI=1S/C16H21BrFNO/c1-16(18,13-3-2-5-19-10-13)9-12-8-14(17)7-11-4-6-20-15(11)12/h7-8,13,19H,2-6,9-10H2,1H3. The maximum Gasteiger partial charge on any atom is 0.126 e. The maximum atomic E-state index is 15.2. The van der Waals surface area contributed by atoms with Gasteiger partial charge in [0.2, 0.25) is 0 Å². The van der Waals surface area contributed by atoms with Gasteiger partial charge in [0.05, 0.1) is 6.61 Å². The van der Waals surface area contributed by atoms with Gasteiger partial charge in [-0.05, 0) is 49.6 Å². The molecule has 0 aliphatic carbocycles. The predicted octanol–water partition coefficient (Wildman–Crippen LogP) is 3.65. The molecule has 0 bridgehead atoms. The SMILES string of the molecule is CC(F)(Cc1cc(Br)cc2c1OCC2)C1CCCNC1. The van der Waals surface area contributed by atoms with Crippen LogP contribution in [-0.2, 0) is 12.8 Å². The third kappa shape index (κ3) is 2.86. The van der Waals surface area contributed by atoms with E-state index >= 15 is 4.39 Å². The van der Waals surface area contributed by atoms with Crippen LogP contribution in [0.15, 0.2) is 16.6 Å². The van der Waals surface area contributed by atoms with Crippen LogP contribution >= 0.6 is 15.9 Å². The summed E-state index contributed by atoms with van der Waals surface area (Å²) in [6.07, 6.45) is 3.39. The Morgan fingerprint density at radius 3 is 3.10 bits per heavy atom. The van der Waals surface area contributed by atoms with Gasteiger partial charge >= 0.3 is 0 Å². The Kier molecular flexibility index (Phi) is 4.04. The van der Waals surface area contributed by atoms with E-state index in [1.54, 1.807) is 6.92 Å². The first-order valence-electron chi connectivity index (χ1n) is 7.40. The van der Waals surface area contributed by atoms with E-state index in [4.69, 9.17) is 4.74 Å². The quantitative estimate of drug-likeness (QED) is 0.905. The molecule has 0 spiro atoms. The lowest BCUT2D eigenvalue weighted by atomic mass is 9.80. The molecule has 2 heterocycles. The number of nitrogens with one attached hydrogen (secondary N) is 1. The zero-order valence-corrected chi connectivity index (χ0v) is 13.4. The van der Waals surface area contributed by atoms with Crippen LogP contribution in [0.3, 0.4) is 0 Å². The van der Waals surface area contributed by atoms with Crippen molar-refractivity contribution in [2.24, 2.45) is 5.92 Å². The van der Waals surface area contributed by atoms with Gasteiger partial charge < -0.3 is 10.1 Å². The smallest absolute Gasteiger partial charge is 0.126 e. The Hall–Kier alpha value is -0.610. The van der Waals surface area contributed by atoms with Crippen LogP contribution in [0.25, 0.3) is 0 Å². The van der Waals surface area contributed by atoms with E-state index in [9.17, 15) is 0 Å². The second-order valence-electron chi connectivity index (χ2n) is 6.15. The van der Waals surface area contributed by atoms with Gasteiger partial charge in [0.1, 0.15) is 11.4 Å². The van der Waals surface area contributed by atoms with Crippen LogP contribution in [0.4, 0.5) is 4.39 Å². The molecule has 0 radical (unpaired) electrons. The van der Waals surface area contributed by atoms with Gasteiger partial charge in [-0.25, -0.2) is 4.39 Å². The molecule has 1 aromatic rings. The number of halogens is 2. The van der Waals surface area contributed by atoms with Gasteiger partial charge in [-0.3, -0.25) is 0 Å². The highest BCUT2D eigenvalue weighted by atomic mass is 79.9. The van der Waals surface area contributed by atoms with Crippen LogP contribution in [0.1, 0.15) is 30.9 Å². The lowest BCUT2D eigenvalue weighted by Crippen LogP contribution is -2.42. The first-order chi connectivity index (χ1) is 9.56. The first kappa shape index (κ1) is 14.3. The number of rotatable bonds is 3. The average Bonchev–Trinajstić information content (AvgIpc) is 2.87. The fraction of sp³-hybridized carbons (Fsp3) is 0.625. The molecule has 1 N–H and O–H groups in total. The summed E-state index contributed by atoms with van der Waals surface area (Å²) >= 11 is 3.53. The fourth-order valence-corrected chi connectivity index (χ4v) is 3.91. The summed E-state index contributed by atoms with van der Waals surface area (Å²) in [4.78, 5) is 0. The van der Waals surface area contributed by atoms with Crippen molar-refractivity contribution in [2.45, 2.75) is 38.3 Å². The fourth-order valence-electron chi connectivity index (χ4n) is 3.36. The largest absolute Gasteiger partial charge is 0.493 e. The highest BCUT2D eigenvalue weighted by Crippen LogP contribution is 2.38. The van der Waals surface area contributed by atoms with E-state index in [1.807, 2.05) is 6.07 Å². The molecule has 110 valence electrons. The molecule has 2 aliphatic heterocycles. The molecule has 1 fully saturated rings. The number of benzene rings is 1. The molecule has 20 heavy (non-hydrogen) atoms. The summed E-state index contributed by atoms with van der Waals surface area (Å²) in [5.41, 5.74) is 1.02. The summed E-state index contributed by atoms with van der Waals surface area (Å²) in [6, 6.07) is 4.10. The normalized spacial score (nSPS) is 24.9. The predicted molar refractivity (Wildman–Crippen MR) is 82.2 cm³/mol. The minimum Gasteiger partial charge on any atom is -0.493 e. The van der Waals surface area contributed by atoms with Crippen molar-refractivity contribution in [3.8, 4) is 5.75 Å². The Morgan fingerprint density at radius 1 is 1.50 bits per heavy atom. The van der Waals surface area contributed by atoms with Gasteiger partial charge in [-0.15, -0.1) is 0 Å². The molecule has 1 saturated heterocycles. The Balaban J connectivity index is 1.83. The highest BCUT2D eigenvalue weighted by Gasteiger charge is 2.36. The van der Waals surface area contributed by atoms with Crippen LogP contribution in [0.5, 0.6) is 5.75 Å². The van der Waals surface area contributed by atoms with E-state index in [1.165, 1.54) is 5.56 Å². The van der Waals surface area contributed by atoms with Gasteiger partial charge in [0.15, 0.2) is 0 Å². The third-order valence-electron chi connectivity index (χ3n) is 4.51.